The van der Waals surface area contributed by atoms with Gasteiger partial charge in [0, 0.05) is 12.6 Å². The second-order valence-electron chi connectivity index (χ2n) is 5.92. The first-order valence-electron chi connectivity index (χ1n) is 8.48. The monoisotopic (exact) mass is 326 g/mol. The van der Waals surface area contributed by atoms with Gasteiger partial charge in [0.05, 0.1) is 6.61 Å². The molecule has 4 nitrogen and oxygen atoms in total. The summed E-state index contributed by atoms with van der Waals surface area (Å²) in [7, 11) is 0. The molecule has 0 aliphatic carbocycles. The third-order valence-electron chi connectivity index (χ3n) is 4.06. The van der Waals surface area contributed by atoms with E-state index < -0.39 is 0 Å². The molecule has 0 radical (unpaired) electrons. The maximum atomic E-state index is 12.0. The summed E-state index contributed by atoms with van der Waals surface area (Å²) >= 11 is 0. The Bertz CT molecular complexity index is 611. The lowest BCUT2D eigenvalue weighted by Crippen LogP contribution is -2.43. The molecule has 2 amide bonds. The van der Waals surface area contributed by atoms with Crippen LogP contribution in [0.2, 0.25) is 0 Å². The van der Waals surface area contributed by atoms with Crippen molar-refractivity contribution >= 4 is 6.03 Å². The van der Waals surface area contributed by atoms with Gasteiger partial charge in [-0.3, -0.25) is 0 Å². The molecule has 0 aromatic heterocycles. The molecular weight excluding hydrogens is 300 g/mol. The minimum atomic E-state index is -0.121. The van der Waals surface area contributed by atoms with E-state index in [1.807, 2.05) is 42.5 Å². The van der Waals surface area contributed by atoms with E-state index >= 15 is 0 Å². The van der Waals surface area contributed by atoms with Gasteiger partial charge in [-0.15, -0.1) is 0 Å². The Labute approximate surface area is 143 Å². The Morgan fingerprint density at radius 3 is 2.29 bits per heavy atom. The standard InChI is InChI=1S/C20H26N2O2/c1-2-19(14-17-6-4-3-5-7-17)22-20(24)21-13-12-16-8-10-18(15-23)11-9-16/h3-11,19,23H,2,12-15H2,1H3,(H2,21,22,24). The van der Waals surface area contributed by atoms with Crippen LogP contribution >= 0.6 is 0 Å². The number of aliphatic hydroxyl groups excluding tert-OH is 1. The molecule has 0 spiro atoms. The van der Waals surface area contributed by atoms with Gasteiger partial charge in [0.1, 0.15) is 0 Å². The summed E-state index contributed by atoms with van der Waals surface area (Å²) < 4.78 is 0. The van der Waals surface area contributed by atoms with Crippen LogP contribution in [0, 0.1) is 0 Å². The molecule has 4 heteroatoms. The fourth-order valence-corrected chi connectivity index (χ4v) is 2.56. The number of nitrogens with one attached hydrogen (secondary N) is 2. The zero-order chi connectivity index (χ0) is 17.2. The lowest BCUT2D eigenvalue weighted by Gasteiger charge is -2.17. The van der Waals surface area contributed by atoms with Gasteiger partial charge < -0.3 is 15.7 Å². The molecule has 0 heterocycles. The third-order valence-corrected chi connectivity index (χ3v) is 4.06. The van der Waals surface area contributed by atoms with Crippen LogP contribution in [-0.2, 0) is 19.4 Å². The number of aliphatic hydroxyl groups is 1. The van der Waals surface area contributed by atoms with Gasteiger partial charge in [0.2, 0.25) is 0 Å². The highest BCUT2D eigenvalue weighted by atomic mass is 16.3. The van der Waals surface area contributed by atoms with Gasteiger partial charge in [0.15, 0.2) is 0 Å². The number of benzene rings is 2. The number of urea groups is 1. The van der Waals surface area contributed by atoms with Crippen molar-refractivity contribution in [2.45, 2.75) is 38.8 Å². The molecule has 0 fully saturated rings. The second kappa shape index (κ2) is 9.73. The Morgan fingerprint density at radius 2 is 1.67 bits per heavy atom. The van der Waals surface area contributed by atoms with Crippen molar-refractivity contribution < 1.29 is 9.90 Å². The van der Waals surface area contributed by atoms with Crippen LogP contribution in [0.3, 0.4) is 0 Å². The van der Waals surface area contributed by atoms with Crippen LogP contribution in [0.1, 0.15) is 30.0 Å². The van der Waals surface area contributed by atoms with Gasteiger partial charge in [-0.25, -0.2) is 4.79 Å². The molecule has 0 saturated heterocycles. The van der Waals surface area contributed by atoms with Crippen molar-refractivity contribution in [3.05, 3.63) is 71.3 Å². The summed E-state index contributed by atoms with van der Waals surface area (Å²) in [4.78, 5) is 12.0. The maximum Gasteiger partial charge on any atom is 0.315 e. The minimum Gasteiger partial charge on any atom is -0.392 e. The van der Waals surface area contributed by atoms with E-state index in [1.54, 1.807) is 0 Å². The summed E-state index contributed by atoms with van der Waals surface area (Å²) in [6, 6.07) is 18.0. The van der Waals surface area contributed by atoms with Crippen molar-refractivity contribution in [3.63, 3.8) is 0 Å². The van der Waals surface area contributed by atoms with Crippen molar-refractivity contribution in [1.29, 1.82) is 0 Å². The SMILES string of the molecule is CCC(Cc1ccccc1)NC(=O)NCCc1ccc(CO)cc1. The molecule has 2 aromatic rings. The Morgan fingerprint density at radius 1 is 1.00 bits per heavy atom. The number of amides is 2. The molecule has 2 rings (SSSR count). The van der Waals surface area contributed by atoms with Crippen LogP contribution < -0.4 is 10.6 Å². The molecule has 2 aromatic carbocycles. The highest BCUT2D eigenvalue weighted by molar-refractivity contribution is 5.74. The molecule has 3 N–H and O–H groups in total. The van der Waals surface area contributed by atoms with E-state index in [1.165, 1.54) is 5.56 Å². The maximum absolute atomic E-state index is 12.0. The zero-order valence-corrected chi connectivity index (χ0v) is 14.2. The summed E-state index contributed by atoms with van der Waals surface area (Å²) in [6.07, 6.45) is 2.51. The van der Waals surface area contributed by atoms with Crippen LogP contribution in [0.4, 0.5) is 4.79 Å². The quantitative estimate of drug-likeness (QED) is 0.698. The summed E-state index contributed by atoms with van der Waals surface area (Å²) in [5, 5.41) is 15.0. The van der Waals surface area contributed by atoms with E-state index in [4.69, 9.17) is 5.11 Å². The first-order chi connectivity index (χ1) is 11.7. The minimum absolute atomic E-state index is 0.0563. The predicted octanol–water partition coefficient (Wildman–Crippen LogP) is 3.04. The highest BCUT2D eigenvalue weighted by Crippen LogP contribution is 2.06. The van der Waals surface area contributed by atoms with Gasteiger partial charge in [-0.2, -0.15) is 0 Å². The van der Waals surface area contributed by atoms with Gasteiger partial charge in [0.25, 0.3) is 0 Å². The van der Waals surface area contributed by atoms with Crippen molar-refractivity contribution in [1.82, 2.24) is 10.6 Å². The Balaban J connectivity index is 1.72. The van der Waals surface area contributed by atoms with Crippen LogP contribution in [0.5, 0.6) is 0 Å². The summed E-state index contributed by atoms with van der Waals surface area (Å²) in [5.41, 5.74) is 3.27. The highest BCUT2D eigenvalue weighted by Gasteiger charge is 2.10. The molecule has 1 unspecified atom stereocenters. The van der Waals surface area contributed by atoms with Gasteiger partial charge >= 0.3 is 6.03 Å². The lowest BCUT2D eigenvalue weighted by atomic mass is 10.0. The van der Waals surface area contributed by atoms with Gasteiger partial charge in [-0.1, -0.05) is 61.5 Å². The number of carbonyl (C=O) groups is 1. The molecule has 128 valence electrons. The third kappa shape index (κ3) is 6.05. The van der Waals surface area contributed by atoms with E-state index in [0.29, 0.717) is 6.54 Å². The number of hydrogen-bond acceptors (Lipinski definition) is 2. The lowest BCUT2D eigenvalue weighted by molar-refractivity contribution is 0.236. The van der Waals surface area contributed by atoms with Crippen LogP contribution in [-0.4, -0.2) is 23.7 Å². The topological polar surface area (TPSA) is 61.4 Å². The number of rotatable bonds is 8. The Kier molecular flexibility index (Phi) is 7.30. The normalized spacial score (nSPS) is 11.8. The largest absolute Gasteiger partial charge is 0.392 e. The van der Waals surface area contributed by atoms with Crippen molar-refractivity contribution in [2.24, 2.45) is 0 Å². The summed E-state index contributed by atoms with van der Waals surface area (Å²) in [6.45, 7) is 2.73. The molecule has 0 saturated carbocycles. The average molecular weight is 326 g/mol. The first kappa shape index (κ1) is 18.0. The van der Waals surface area contributed by atoms with E-state index in [-0.39, 0.29) is 18.7 Å². The fraction of sp³-hybridized carbons (Fsp3) is 0.350. The average Bonchev–Trinajstić information content (AvgIpc) is 2.62. The Hall–Kier alpha value is -2.33. The summed E-state index contributed by atoms with van der Waals surface area (Å²) in [5.74, 6) is 0. The van der Waals surface area contributed by atoms with Crippen LogP contribution in [0.25, 0.3) is 0 Å². The second-order valence-corrected chi connectivity index (χ2v) is 5.92. The fourth-order valence-electron chi connectivity index (χ4n) is 2.56. The van der Waals surface area contributed by atoms with E-state index in [2.05, 4.69) is 29.7 Å². The number of carbonyl (C=O) groups excluding carboxylic acids is 1. The van der Waals surface area contributed by atoms with Crippen LogP contribution in [0.15, 0.2) is 54.6 Å². The smallest absolute Gasteiger partial charge is 0.315 e. The van der Waals surface area contributed by atoms with Crippen molar-refractivity contribution in [3.8, 4) is 0 Å². The van der Waals surface area contributed by atoms with E-state index in [9.17, 15) is 4.79 Å². The van der Waals surface area contributed by atoms with E-state index in [0.717, 1.165) is 30.4 Å². The molecule has 0 bridgehead atoms. The molecule has 1 atom stereocenters. The molecule has 0 aliphatic heterocycles. The van der Waals surface area contributed by atoms with Crippen molar-refractivity contribution in [2.75, 3.05) is 6.54 Å². The molecular formula is C20H26N2O2. The first-order valence-corrected chi connectivity index (χ1v) is 8.48. The van der Waals surface area contributed by atoms with Gasteiger partial charge in [-0.05, 0) is 36.0 Å². The zero-order valence-electron chi connectivity index (χ0n) is 14.2. The molecule has 24 heavy (non-hydrogen) atoms. The number of hydrogen-bond donors (Lipinski definition) is 3. The predicted molar refractivity (Wildman–Crippen MR) is 96.8 cm³/mol. The molecule has 0 aliphatic rings.